The summed E-state index contributed by atoms with van der Waals surface area (Å²) < 4.78 is 0. The van der Waals surface area contributed by atoms with Gasteiger partial charge in [0.05, 0.1) is 6.10 Å². The molecule has 0 aromatic carbocycles. The predicted octanol–water partition coefficient (Wildman–Crippen LogP) is 3.02. The zero-order valence-electron chi connectivity index (χ0n) is 13.9. The maximum absolute atomic E-state index is 10.0. The van der Waals surface area contributed by atoms with Gasteiger partial charge in [0.25, 0.3) is 0 Å². The summed E-state index contributed by atoms with van der Waals surface area (Å²) in [5.74, 6) is 1.06. The van der Waals surface area contributed by atoms with Gasteiger partial charge in [0, 0.05) is 30.2 Å². The minimum absolute atomic E-state index is 0.427. The summed E-state index contributed by atoms with van der Waals surface area (Å²) in [6.07, 6.45) is 14.2. The van der Waals surface area contributed by atoms with Crippen molar-refractivity contribution < 1.29 is 5.11 Å². The zero-order chi connectivity index (χ0) is 16.6. The zero-order valence-corrected chi connectivity index (χ0v) is 13.9. The lowest BCUT2D eigenvalue weighted by Gasteiger charge is -2.17. The van der Waals surface area contributed by atoms with Crippen molar-refractivity contribution in [3.63, 3.8) is 0 Å². The molecule has 126 valence electrons. The number of aryl methyl sites for hydroxylation is 2. The van der Waals surface area contributed by atoms with Crippen LogP contribution in [-0.2, 0) is 12.8 Å². The molecule has 0 radical (unpaired) electrons. The number of aliphatic hydroxyl groups excluding tert-OH is 1. The summed E-state index contributed by atoms with van der Waals surface area (Å²) in [6.45, 7) is 1.02. The molecule has 0 saturated heterocycles. The average molecular weight is 324 g/mol. The van der Waals surface area contributed by atoms with Gasteiger partial charge >= 0.3 is 0 Å². The van der Waals surface area contributed by atoms with E-state index in [1.807, 2.05) is 6.08 Å². The Kier molecular flexibility index (Phi) is 5.90. The molecule has 0 saturated carbocycles. The van der Waals surface area contributed by atoms with Crippen molar-refractivity contribution in [3.05, 3.63) is 53.8 Å². The molecule has 0 spiro atoms. The number of aliphatic hydroxyl groups is 1. The van der Waals surface area contributed by atoms with Gasteiger partial charge in [-0.3, -0.25) is 0 Å². The van der Waals surface area contributed by atoms with Gasteiger partial charge in [-0.05, 0) is 43.7 Å². The van der Waals surface area contributed by atoms with Crippen molar-refractivity contribution in [1.29, 1.82) is 0 Å². The molecule has 5 heteroatoms. The number of unbranched alkanes of at least 4 members (excludes halogenated alkanes) is 1. The Morgan fingerprint density at radius 2 is 2.08 bits per heavy atom. The molecule has 24 heavy (non-hydrogen) atoms. The van der Waals surface area contributed by atoms with E-state index in [2.05, 4.69) is 27.4 Å². The lowest BCUT2D eigenvalue weighted by molar-refractivity contribution is 0.209. The van der Waals surface area contributed by atoms with E-state index in [1.54, 1.807) is 18.5 Å². The quantitative estimate of drug-likeness (QED) is 0.766. The number of rotatable bonds is 7. The van der Waals surface area contributed by atoms with Crippen LogP contribution in [0.25, 0.3) is 6.08 Å². The Morgan fingerprint density at radius 3 is 2.96 bits per heavy atom. The molecule has 2 aromatic heterocycles. The van der Waals surface area contributed by atoms with Crippen LogP contribution >= 0.6 is 0 Å². The van der Waals surface area contributed by atoms with Gasteiger partial charge in [-0.15, -0.1) is 0 Å². The van der Waals surface area contributed by atoms with E-state index in [0.717, 1.165) is 55.7 Å². The van der Waals surface area contributed by atoms with Crippen LogP contribution in [0.2, 0.25) is 0 Å². The van der Waals surface area contributed by atoms with Gasteiger partial charge in [0.1, 0.15) is 12.1 Å². The Balaban J connectivity index is 1.40. The highest BCUT2D eigenvalue weighted by Crippen LogP contribution is 2.20. The van der Waals surface area contributed by atoms with E-state index in [1.165, 1.54) is 18.3 Å². The van der Waals surface area contributed by atoms with Crippen molar-refractivity contribution in [3.8, 4) is 0 Å². The molecule has 2 N–H and O–H groups in total. The molecule has 0 unspecified atom stereocenters. The van der Waals surface area contributed by atoms with Gasteiger partial charge < -0.3 is 10.4 Å². The predicted molar refractivity (Wildman–Crippen MR) is 95.7 cm³/mol. The maximum atomic E-state index is 10.0. The van der Waals surface area contributed by atoms with Crippen LogP contribution in [0.4, 0.5) is 5.82 Å². The third-order valence-corrected chi connectivity index (χ3v) is 4.23. The number of nitrogens with one attached hydrogen (secondary N) is 1. The van der Waals surface area contributed by atoms with Crippen molar-refractivity contribution in [2.75, 3.05) is 11.9 Å². The molecule has 3 heterocycles. The number of hydrogen-bond acceptors (Lipinski definition) is 5. The number of anilines is 1. The van der Waals surface area contributed by atoms with Crippen molar-refractivity contribution in [2.45, 2.75) is 44.6 Å². The van der Waals surface area contributed by atoms with Crippen LogP contribution in [-0.4, -0.2) is 32.7 Å². The summed E-state index contributed by atoms with van der Waals surface area (Å²) in [7, 11) is 0. The standard InChI is InChI=1S/C19H24N4O/c24-18(10-7-15-12-20-14-21-13-15)6-2-1-5-17-9-8-16-4-3-11-22-19(16)23-17/h7-10,12-14,18,24H,1-6,11H2,(H,22,23)/b10-7+/t18-/m1/s1. The molecule has 3 rings (SSSR count). The van der Waals surface area contributed by atoms with Gasteiger partial charge in [0.15, 0.2) is 0 Å². The molecule has 0 aliphatic carbocycles. The van der Waals surface area contributed by atoms with Crippen molar-refractivity contribution in [1.82, 2.24) is 15.0 Å². The number of fused-ring (bicyclic) bond motifs is 1. The minimum Gasteiger partial charge on any atom is -0.389 e. The molecule has 2 aromatic rings. The summed E-state index contributed by atoms with van der Waals surface area (Å²) >= 11 is 0. The van der Waals surface area contributed by atoms with E-state index in [9.17, 15) is 5.11 Å². The molecule has 0 bridgehead atoms. The second-order valence-electron chi connectivity index (χ2n) is 6.18. The fraction of sp³-hybridized carbons (Fsp3) is 0.421. The van der Waals surface area contributed by atoms with Crippen LogP contribution in [0, 0.1) is 0 Å². The lowest BCUT2D eigenvalue weighted by Crippen LogP contribution is -2.14. The van der Waals surface area contributed by atoms with E-state index < -0.39 is 6.10 Å². The fourth-order valence-corrected chi connectivity index (χ4v) is 2.88. The third-order valence-electron chi connectivity index (χ3n) is 4.23. The number of nitrogens with zero attached hydrogens (tertiary/aromatic N) is 3. The smallest absolute Gasteiger partial charge is 0.129 e. The first kappa shape index (κ1) is 16.6. The highest BCUT2D eigenvalue weighted by molar-refractivity contribution is 5.47. The number of aromatic nitrogens is 3. The van der Waals surface area contributed by atoms with E-state index >= 15 is 0 Å². The molecule has 1 aliphatic rings. The first-order valence-electron chi connectivity index (χ1n) is 8.65. The first-order chi connectivity index (χ1) is 11.8. The Hall–Kier alpha value is -2.27. The average Bonchev–Trinajstić information content (AvgIpc) is 2.64. The maximum Gasteiger partial charge on any atom is 0.129 e. The largest absolute Gasteiger partial charge is 0.389 e. The lowest BCUT2D eigenvalue weighted by atomic mass is 10.0. The van der Waals surface area contributed by atoms with Gasteiger partial charge in [-0.25, -0.2) is 15.0 Å². The molecule has 0 fully saturated rings. The van der Waals surface area contributed by atoms with E-state index in [-0.39, 0.29) is 0 Å². The van der Waals surface area contributed by atoms with Crippen molar-refractivity contribution in [2.24, 2.45) is 0 Å². The molecule has 1 atom stereocenters. The van der Waals surface area contributed by atoms with Crippen LogP contribution in [0.5, 0.6) is 0 Å². The van der Waals surface area contributed by atoms with Gasteiger partial charge in [0.2, 0.25) is 0 Å². The summed E-state index contributed by atoms with van der Waals surface area (Å²) in [5.41, 5.74) is 3.37. The number of hydrogen-bond donors (Lipinski definition) is 2. The second kappa shape index (κ2) is 8.55. The van der Waals surface area contributed by atoms with Crippen LogP contribution < -0.4 is 5.32 Å². The number of pyridine rings is 1. The molecule has 5 nitrogen and oxygen atoms in total. The monoisotopic (exact) mass is 324 g/mol. The second-order valence-corrected chi connectivity index (χ2v) is 6.18. The van der Waals surface area contributed by atoms with E-state index in [4.69, 9.17) is 4.98 Å². The minimum atomic E-state index is -0.427. The Morgan fingerprint density at radius 1 is 1.21 bits per heavy atom. The summed E-state index contributed by atoms with van der Waals surface area (Å²) in [5, 5.41) is 13.4. The third kappa shape index (κ3) is 4.86. The molecular weight excluding hydrogens is 300 g/mol. The topological polar surface area (TPSA) is 70.9 Å². The Labute approximate surface area is 142 Å². The van der Waals surface area contributed by atoms with Crippen LogP contribution in [0.3, 0.4) is 0 Å². The highest BCUT2D eigenvalue weighted by Gasteiger charge is 2.10. The summed E-state index contributed by atoms with van der Waals surface area (Å²) in [4.78, 5) is 12.6. The first-order valence-corrected chi connectivity index (χ1v) is 8.65. The normalized spacial score (nSPS) is 15.0. The fourth-order valence-electron chi connectivity index (χ4n) is 2.88. The molecule has 0 amide bonds. The SMILES string of the molecule is O[C@@H](/C=C/c1cncnc1)CCCCc1ccc2c(n1)NCCC2. The molecule has 1 aliphatic heterocycles. The summed E-state index contributed by atoms with van der Waals surface area (Å²) in [6, 6.07) is 4.33. The highest BCUT2D eigenvalue weighted by atomic mass is 16.3. The van der Waals surface area contributed by atoms with E-state index in [0.29, 0.717) is 0 Å². The van der Waals surface area contributed by atoms with Crippen LogP contribution in [0.15, 0.2) is 36.9 Å². The van der Waals surface area contributed by atoms with Crippen molar-refractivity contribution >= 4 is 11.9 Å². The Bertz CT molecular complexity index is 672. The van der Waals surface area contributed by atoms with Gasteiger partial charge in [-0.2, -0.15) is 0 Å². The van der Waals surface area contributed by atoms with Gasteiger partial charge in [-0.1, -0.05) is 24.6 Å². The van der Waals surface area contributed by atoms with Crippen LogP contribution in [0.1, 0.15) is 42.5 Å². The molecular formula is C19H24N4O.